The maximum absolute atomic E-state index is 10.3. The Kier molecular flexibility index (Phi) is 3.11. The molecule has 14 heavy (non-hydrogen) atoms. The monoisotopic (exact) mass is 195 g/mol. The lowest BCUT2D eigenvalue weighted by molar-refractivity contribution is -0.422. The first-order valence-corrected chi connectivity index (χ1v) is 3.82. The molecule has 0 amide bonds. The topological polar surface area (TPSA) is 78.2 Å². The number of nitro groups is 1. The molecule has 0 aliphatic heterocycles. The van der Waals surface area contributed by atoms with Crippen molar-refractivity contribution in [1.29, 1.82) is 0 Å². The van der Waals surface area contributed by atoms with E-state index in [4.69, 9.17) is 4.74 Å². The van der Waals surface area contributed by atoms with E-state index in [9.17, 15) is 10.1 Å². The van der Waals surface area contributed by atoms with Crippen LogP contribution in [-0.2, 0) is 0 Å². The van der Waals surface area contributed by atoms with E-state index >= 15 is 0 Å². The number of allylic oxidation sites excluding steroid dienone is 1. The van der Waals surface area contributed by atoms with Crippen LogP contribution in [0.4, 0.5) is 0 Å². The summed E-state index contributed by atoms with van der Waals surface area (Å²) in [7, 11) is 1.45. The minimum Gasteiger partial charge on any atom is -0.467 e. The number of nitrogens with zero attached hydrogens (tertiary/aromatic N) is 3. The van der Waals surface area contributed by atoms with Crippen molar-refractivity contribution in [3.63, 3.8) is 0 Å². The summed E-state index contributed by atoms with van der Waals surface area (Å²) in [4.78, 5) is 17.4. The van der Waals surface area contributed by atoms with Gasteiger partial charge in [-0.3, -0.25) is 10.1 Å². The third kappa shape index (κ3) is 2.51. The average molecular weight is 195 g/mol. The molecule has 0 unspecified atom stereocenters. The minimum absolute atomic E-state index is 0.0405. The number of rotatable bonds is 3. The van der Waals surface area contributed by atoms with Crippen LogP contribution in [0.15, 0.2) is 18.1 Å². The first kappa shape index (κ1) is 10.1. The van der Waals surface area contributed by atoms with Gasteiger partial charge in [-0.05, 0) is 0 Å². The molecule has 0 atom stereocenters. The Hall–Kier alpha value is -1.98. The van der Waals surface area contributed by atoms with Crippen molar-refractivity contribution in [1.82, 2.24) is 9.97 Å². The maximum atomic E-state index is 10.3. The summed E-state index contributed by atoms with van der Waals surface area (Å²) in [6.45, 7) is 1.41. The molecular formula is C8H9N3O3. The molecule has 0 aliphatic rings. The highest BCUT2D eigenvalue weighted by Gasteiger charge is 2.02. The molecule has 0 saturated heterocycles. The Balaban J connectivity index is 2.88. The number of methoxy groups -OCH3 is 1. The fraction of sp³-hybridized carbons (Fsp3) is 0.250. The lowest BCUT2D eigenvalue weighted by Gasteiger charge is -1.96. The van der Waals surface area contributed by atoms with E-state index in [1.807, 2.05) is 0 Å². The summed E-state index contributed by atoms with van der Waals surface area (Å²) in [6, 6.07) is 0.237. The molecule has 1 aromatic rings. The number of hydrogen-bond acceptors (Lipinski definition) is 5. The van der Waals surface area contributed by atoms with Crippen molar-refractivity contribution < 1.29 is 9.66 Å². The highest BCUT2D eigenvalue weighted by molar-refractivity contribution is 5.48. The van der Waals surface area contributed by atoms with Crippen LogP contribution in [0, 0.1) is 10.1 Å². The molecule has 0 N–H and O–H groups in total. The predicted molar refractivity (Wildman–Crippen MR) is 49.2 cm³/mol. The van der Waals surface area contributed by atoms with Gasteiger partial charge < -0.3 is 4.74 Å². The van der Waals surface area contributed by atoms with Gasteiger partial charge in [0, 0.05) is 31.0 Å². The zero-order valence-corrected chi connectivity index (χ0v) is 7.80. The fourth-order valence-electron chi connectivity index (χ4n) is 0.800. The maximum Gasteiger partial charge on any atom is 0.316 e. The van der Waals surface area contributed by atoms with Crippen molar-refractivity contribution in [3.8, 4) is 6.01 Å². The van der Waals surface area contributed by atoms with Gasteiger partial charge in [0.1, 0.15) is 0 Å². The van der Waals surface area contributed by atoms with E-state index in [0.29, 0.717) is 5.56 Å². The lowest BCUT2D eigenvalue weighted by atomic mass is 10.3. The molecule has 0 aromatic carbocycles. The summed E-state index contributed by atoms with van der Waals surface area (Å²) < 4.78 is 4.74. The van der Waals surface area contributed by atoms with Crippen LogP contribution in [0.2, 0.25) is 0 Å². The van der Waals surface area contributed by atoms with Gasteiger partial charge >= 0.3 is 6.01 Å². The van der Waals surface area contributed by atoms with Crippen LogP contribution in [0.25, 0.3) is 6.08 Å². The quantitative estimate of drug-likeness (QED) is 0.533. The van der Waals surface area contributed by atoms with Crippen molar-refractivity contribution in [3.05, 3.63) is 33.8 Å². The fourth-order valence-corrected chi connectivity index (χ4v) is 0.800. The molecular weight excluding hydrogens is 186 g/mol. The molecule has 1 rings (SSSR count). The van der Waals surface area contributed by atoms with Crippen molar-refractivity contribution >= 4 is 6.08 Å². The van der Waals surface area contributed by atoms with Gasteiger partial charge in [-0.1, -0.05) is 0 Å². The summed E-state index contributed by atoms with van der Waals surface area (Å²) >= 11 is 0. The molecule has 6 heteroatoms. The Labute approximate surface area is 80.4 Å². The van der Waals surface area contributed by atoms with Crippen LogP contribution in [-0.4, -0.2) is 22.0 Å². The molecule has 0 spiro atoms. The van der Waals surface area contributed by atoms with Crippen LogP contribution < -0.4 is 4.74 Å². The zero-order valence-electron chi connectivity index (χ0n) is 7.80. The van der Waals surface area contributed by atoms with E-state index in [0.717, 1.165) is 0 Å². The van der Waals surface area contributed by atoms with Gasteiger partial charge in [-0.2, -0.15) is 0 Å². The van der Waals surface area contributed by atoms with Gasteiger partial charge in [0.25, 0.3) is 0 Å². The number of hydrogen-bond donors (Lipinski definition) is 0. The van der Waals surface area contributed by atoms with Gasteiger partial charge in [0.2, 0.25) is 5.70 Å². The molecule has 0 radical (unpaired) electrons. The third-order valence-corrected chi connectivity index (χ3v) is 1.49. The van der Waals surface area contributed by atoms with E-state index in [2.05, 4.69) is 9.97 Å². The van der Waals surface area contributed by atoms with Gasteiger partial charge in [-0.25, -0.2) is 9.97 Å². The number of ether oxygens (including phenoxy) is 1. The Morgan fingerprint density at radius 1 is 1.57 bits per heavy atom. The molecule has 0 aliphatic carbocycles. The Morgan fingerprint density at radius 2 is 2.14 bits per heavy atom. The summed E-state index contributed by atoms with van der Waals surface area (Å²) in [5.74, 6) is 0. The second kappa shape index (κ2) is 4.31. The number of aromatic nitrogens is 2. The standard InChI is InChI=1S/C8H9N3O3/c1-6(11(12)13)3-7-4-9-8(14-2)10-5-7/h3-5H,1-2H3. The molecule has 6 nitrogen and oxygen atoms in total. The van der Waals surface area contributed by atoms with Gasteiger partial charge in [-0.15, -0.1) is 0 Å². The second-order valence-corrected chi connectivity index (χ2v) is 2.55. The zero-order chi connectivity index (χ0) is 10.6. The van der Waals surface area contributed by atoms with E-state index in [1.165, 1.54) is 32.5 Å². The molecule has 74 valence electrons. The van der Waals surface area contributed by atoms with E-state index in [1.54, 1.807) is 0 Å². The largest absolute Gasteiger partial charge is 0.467 e. The average Bonchev–Trinajstić information content (AvgIpc) is 2.19. The van der Waals surface area contributed by atoms with Crippen LogP contribution in [0.3, 0.4) is 0 Å². The summed E-state index contributed by atoms with van der Waals surface area (Å²) in [5, 5.41) is 10.3. The molecule has 1 aromatic heterocycles. The molecule has 0 fully saturated rings. The first-order valence-electron chi connectivity index (χ1n) is 3.82. The predicted octanol–water partition coefficient (Wildman–Crippen LogP) is 1.12. The lowest BCUT2D eigenvalue weighted by Crippen LogP contribution is -1.95. The Bertz CT molecular complexity index is 359. The molecule has 0 bridgehead atoms. The van der Waals surface area contributed by atoms with Gasteiger partial charge in [0.15, 0.2) is 0 Å². The Morgan fingerprint density at radius 3 is 2.57 bits per heavy atom. The van der Waals surface area contributed by atoms with Gasteiger partial charge in [0.05, 0.1) is 12.0 Å². The highest BCUT2D eigenvalue weighted by Crippen LogP contribution is 2.06. The van der Waals surface area contributed by atoms with Crippen LogP contribution >= 0.6 is 0 Å². The normalized spacial score (nSPS) is 11.1. The second-order valence-electron chi connectivity index (χ2n) is 2.55. The third-order valence-electron chi connectivity index (χ3n) is 1.49. The SMILES string of the molecule is COc1ncc(C=C(C)[N+](=O)[O-])cn1. The van der Waals surface area contributed by atoms with Crippen molar-refractivity contribution in [2.75, 3.05) is 7.11 Å². The van der Waals surface area contributed by atoms with Crippen LogP contribution in [0.5, 0.6) is 6.01 Å². The van der Waals surface area contributed by atoms with Crippen molar-refractivity contribution in [2.45, 2.75) is 6.92 Å². The summed E-state index contributed by atoms with van der Waals surface area (Å²) in [6.07, 6.45) is 4.30. The van der Waals surface area contributed by atoms with E-state index < -0.39 is 4.92 Å². The van der Waals surface area contributed by atoms with Crippen LogP contribution in [0.1, 0.15) is 12.5 Å². The highest BCUT2D eigenvalue weighted by atomic mass is 16.6. The molecule has 0 saturated carbocycles. The minimum atomic E-state index is -0.468. The molecule has 1 heterocycles. The summed E-state index contributed by atoms with van der Waals surface area (Å²) in [5.41, 5.74) is 0.610. The van der Waals surface area contributed by atoms with Crippen molar-refractivity contribution in [2.24, 2.45) is 0 Å². The smallest absolute Gasteiger partial charge is 0.316 e. The van der Waals surface area contributed by atoms with E-state index in [-0.39, 0.29) is 11.7 Å². The first-order chi connectivity index (χ1) is 6.63.